The Morgan fingerprint density at radius 3 is 2.83 bits per heavy atom. The summed E-state index contributed by atoms with van der Waals surface area (Å²) in [5, 5.41) is 5.65. The summed E-state index contributed by atoms with van der Waals surface area (Å²) in [7, 11) is 1.72. The maximum atomic E-state index is 12.9. The minimum absolute atomic E-state index is 0.0985. The van der Waals surface area contributed by atoms with Crippen LogP contribution in [0, 0.1) is 5.92 Å². The number of benzene rings is 2. The number of hydrogen-bond donors (Lipinski definition) is 1. The van der Waals surface area contributed by atoms with E-state index in [0.717, 1.165) is 38.8 Å². The standard InChI is InChI=1S/C25H32N2O3/c1-30-18-20-5-4-14-27(17-20)24(29)11-13-25(12-10-23(28)26-25)16-19-8-9-21-6-2-3-7-22(21)15-19/h2-3,6-9,15,20H,4-5,10-14,16-18H2,1H3,(H,26,28)/t20-,25+/m0/s1. The van der Waals surface area contributed by atoms with Crippen molar-refractivity contribution < 1.29 is 14.3 Å². The number of ether oxygens (including phenoxy) is 1. The zero-order valence-electron chi connectivity index (χ0n) is 17.9. The average Bonchev–Trinajstić information content (AvgIpc) is 3.13. The smallest absolute Gasteiger partial charge is 0.222 e. The van der Waals surface area contributed by atoms with Crippen molar-refractivity contribution in [3.63, 3.8) is 0 Å². The number of methoxy groups -OCH3 is 1. The number of amides is 2. The molecule has 2 aliphatic rings. The zero-order valence-corrected chi connectivity index (χ0v) is 17.9. The molecule has 5 heteroatoms. The predicted octanol–water partition coefficient (Wildman–Crippen LogP) is 3.70. The van der Waals surface area contributed by atoms with Gasteiger partial charge in [-0.15, -0.1) is 0 Å². The summed E-state index contributed by atoms with van der Waals surface area (Å²) in [5.74, 6) is 0.738. The van der Waals surface area contributed by atoms with E-state index < -0.39 is 0 Å². The van der Waals surface area contributed by atoms with Crippen molar-refractivity contribution in [2.75, 3.05) is 26.8 Å². The summed E-state index contributed by atoms with van der Waals surface area (Å²) in [6.45, 7) is 2.34. The number of likely N-dealkylation sites (tertiary alicyclic amines) is 1. The molecule has 4 rings (SSSR count). The average molecular weight is 409 g/mol. The largest absolute Gasteiger partial charge is 0.384 e. The van der Waals surface area contributed by atoms with Gasteiger partial charge < -0.3 is 15.0 Å². The molecule has 2 aromatic rings. The lowest BCUT2D eigenvalue weighted by Crippen LogP contribution is -2.46. The minimum atomic E-state index is -0.323. The molecule has 2 saturated heterocycles. The Morgan fingerprint density at radius 2 is 2.07 bits per heavy atom. The molecule has 0 aliphatic carbocycles. The number of nitrogens with one attached hydrogen (secondary N) is 1. The summed E-state index contributed by atoms with van der Waals surface area (Å²) in [6, 6.07) is 14.8. The Bertz CT molecular complexity index is 910. The number of nitrogens with zero attached hydrogens (tertiary/aromatic N) is 1. The van der Waals surface area contributed by atoms with Gasteiger partial charge in [-0.1, -0.05) is 42.5 Å². The second-order valence-electron chi connectivity index (χ2n) is 8.99. The summed E-state index contributed by atoms with van der Waals surface area (Å²) >= 11 is 0. The Balaban J connectivity index is 1.43. The van der Waals surface area contributed by atoms with Crippen molar-refractivity contribution in [3.8, 4) is 0 Å². The highest BCUT2D eigenvalue weighted by molar-refractivity contribution is 5.83. The molecule has 2 aromatic carbocycles. The van der Waals surface area contributed by atoms with Crippen LogP contribution in [0.2, 0.25) is 0 Å². The van der Waals surface area contributed by atoms with E-state index in [9.17, 15) is 9.59 Å². The first-order valence-electron chi connectivity index (χ1n) is 11.1. The van der Waals surface area contributed by atoms with Crippen LogP contribution in [-0.2, 0) is 20.7 Å². The van der Waals surface area contributed by atoms with E-state index >= 15 is 0 Å². The predicted molar refractivity (Wildman–Crippen MR) is 118 cm³/mol. The summed E-state index contributed by atoms with van der Waals surface area (Å²) in [6.07, 6.45) is 5.44. The van der Waals surface area contributed by atoms with Gasteiger partial charge in [0.25, 0.3) is 0 Å². The maximum absolute atomic E-state index is 12.9. The van der Waals surface area contributed by atoms with Gasteiger partial charge in [0.1, 0.15) is 0 Å². The second kappa shape index (κ2) is 9.17. The normalized spacial score (nSPS) is 24.2. The van der Waals surface area contributed by atoms with Crippen LogP contribution < -0.4 is 5.32 Å². The van der Waals surface area contributed by atoms with Crippen LogP contribution in [0.3, 0.4) is 0 Å². The van der Waals surface area contributed by atoms with Crippen molar-refractivity contribution in [3.05, 3.63) is 48.0 Å². The fourth-order valence-electron chi connectivity index (χ4n) is 5.09. The van der Waals surface area contributed by atoms with Gasteiger partial charge in [0.15, 0.2) is 0 Å². The fraction of sp³-hybridized carbons (Fsp3) is 0.520. The SMILES string of the molecule is COC[C@H]1CCCN(C(=O)CC[C@@]2(Cc3ccc4ccccc4c3)CCC(=O)N2)C1. The molecule has 0 radical (unpaired) electrons. The van der Waals surface area contributed by atoms with Gasteiger partial charge >= 0.3 is 0 Å². The Hall–Kier alpha value is -2.40. The van der Waals surface area contributed by atoms with Gasteiger partial charge in [-0.05, 0) is 54.4 Å². The number of carbonyl (C=O) groups is 2. The van der Waals surface area contributed by atoms with Crippen LogP contribution in [-0.4, -0.2) is 49.1 Å². The van der Waals surface area contributed by atoms with Gasteiger partial charge in [0, 0.05) is 38.6 Å². The van der Waals surface area contributed by atoms with E-state index in [0.29, 0.717) is 31.8 Å². The molecule has 2 heterocycles. The molecule has 2 fully saturated rings. The van der Waals surface area contributed by atoms with Gasteiger partial charge in [-0.3, -0.25) is 9.59 Å². The van der Waals surface area contributed by atoms with Crippen molar-refractivity contribution >= 4 is 22.6 Å². The van der Waals surface area contributed by atoms with Crippen LogP contribution in [0.4, 0.5) is 0 Å². The molecule has 30 heavy (non-hydrogen) atoms. The van der Waals surface area contributed by atoms with Crippen LogP contribution in [0.1, 0.15) is 44.1 Å². The topological polar surface area (TPSA) is 58.6 Å². The number of fused-ring (bicyclic) bond motifs is 1. The number of hydrogen-bond acceptors (Lipinski definition) is 3. The van der Waals surface area contributed by atoms with E-state index in [-0.39, 0.29) is 17.4 Å². The van der Waals surface area contributed by atoms with Gasteiger partial charge in [-0.25, -0.2) is 0 Å². The summed E-state index contributed by atoms with van der Waals surface area (Å²) in [5.41, 5.74) is 0.887. The molecule has 2 aliphatic heterocycles. The highest BCUT2D eigenvalue weighted by Gasteiger charge is 2.38. The molecule has 0 unspecified atom stereocenters. The first-order valence-corrected chi connectivity index (χ1v) is 11.1. The first kappa shape index (κ1) is 20.9. The molecule has 1 N–H and O–H groups in total. The molecule has 2 amide bonds. The van der Waals surface area contributed by atoms with E-state index in [1.807, 2.05) is 17.0 Å². The number of carbonyl (C=O) groups excluding carboxylic acids is 2. The van der Waals surface area contributed by atoms with Gasteiger partial charge in [-0.2, -0.15) is 0 Å². The highest BCUT2D eigenvalue weighted by Crippen LogP contribution is 2.31. The van der Waals surface area contributed by atoms with Crippen molar-refractivity contribution in [2.45, 2.75) is 50.5 Å². The summed E-state index contributed by atoms with van der Waals surface area (Å²) in [4.78, 5) is 27.0. The third-order valence-electron chi connectivity index (χ3n) is 6.68. The Labute approximate surface area is 178 Å². The minimum Gasteiger partial charge on any atom is -0.384 e. The van der Waals surface area contributed by atoms with Crippen molar-refractivity contribution in [2.24, 2.45) is 5.92 Å². The van der Waals surface area contributed by atoms with E-state index in [1.165, 1.54) is 16.3 Å². The van der Waals surface area contributed by atoms with E-state index in [2.05, 4.69) is 35.6 Å². The monoisotopic (exact) mass is 408 g/mol. The summed E-state index contributed by atoms with van der Waals surface area (Å²) < 4.78 is 5.29. The Kier molecular flexibility index (Phi) is 6.38. The third-order valence-corrected chi connectivity index (χ3v) is 6.68. The lowest BCUT2D eigenvalue weighted by Gasteiger charge is -2.34. The lowest BCUT2D eigenvalue weighted by molar-refractivity contribution is -0.134. The molecule has 0 spiro atoms. The van der Waals surface area contributed by atoms with Crippen molar-refractivity contribution in [1.29, 1.82) is 0 Å². The molecular formula is C25H32N2O3. The van der Waals surface area contributed by atoms with E-state index in [4.69, 9.17) is 4.74 Å². The second-order valence-corrected chi connectivity index (χ2v) is 8.99. The molecule has 5 nitrogen and oxygen atoms in total. The van der Waals surface area contributed by atoms with Crippen LogP contribution in [0.25, 0.3) is 10.8 Å². The Morgan fingerprint density at radius 1 is 1.23 bits per heavy atom. The molecule has 160 valence electrons. The molecule has 0 aromatic heterocycles. The van der Waals surface area contributed by atoms with Crippen LogP contribution >= 0.6 is 0 Å². The van der Waals surface area contributed by atoms with E-state index in [1.54, 1.807) is 7.11 Å². The zero-order chi connectivity index (χ0) is 21.0. The number of piperidine rings is 1. The highest BCUT2D eigenvalue weighted by atomic mass is 16.5. The quantitative estimate of drug-likeness (QED) is 0.760. The van der Waals surface area contributed by atoms with Crippen LogP contribution in [0.15, 0.2) is 42.5 Å². The molecule has 0 saturated carbocycles. The molecular weight excluding hydrogens is 376 g/mol. The maximum Gasteiger partial charge on any atom is 0.222 e. The first-order chi connectivity index (χ1) is 14.6. The lowest BCUT2D eigenvalue weighted by atomic mass is 9.84. The fourth-order valence-corrected chi connectivity index (χ4v) is 5.09. The van der Waals surface area contributed by atoms with Crippen molar-refractivity contribution in [1.82, 2.24) is 10.2 Å². The van der Waals surface area contributed by atoms with Crippen LogP contribution in [0.5, 0.6) is 0 Å². The third kappa shape index (κ3) is 4.84. The van der Waals surface area contributed by atoms with Gasteiger partial charge in [0.05, 0.1) is 6.61 Å². The van der Waals surface area contributed by atoms with Gasteiger partial charge in [0.2, 0.25) is 11.8 Å². The number of rotatable bonds is 7. The molecule has 2 atom stereocenters. The molecule has 0 bridgehead atoms.